The van der Waals surface area contributed by atoms with Gasteiger partial charge in [0.1, 0.15) is 0 Å². The van der Waals surface area contributed by atoms with E-state index in [0.717, 1.165) is 19.4 Å². The Hall–Kier alpha value is -0.330. The Kier molecular flexibility index (Phi) is 5.69. The largest absolute Gasteiger partial charge is 0.401 e. The summed E-state index contributed by atoms with van der Waals surface area (Å²) in [6, 6.07) is -0.121. The van der Waals surface area contributed by atoms with Crippen molar-refractivity contribution in [3.63, 3.8) is 0 Å². The number of alkyl halides is 3. The second-order valence-corrected chi connectivity index (χ2v) is 4.44. The average Bonchev–Trinajstić information content (AvgIpc) is 3.03. The predicted molar refractivity (Wildman–Crippen MR) is 60.0 cm³/mol. The molecule has 1 unspecified atom stereocenters. The van der Waals surface area contributed by atoms with Crippen LogP contribution < -0.4 is 5.32 Å². The van der Waals surface area contributed by atoms with Crippen LogP contribution >= 0.6 is 0 Å². The van der Waals surface area contributed by atoms with Gasteiger partial charge < -0.3 is 10.1 Å². The number of rotatable bonds is 8. The van der Waals surface area contributed by atoms with E-state index in [1.165, 1.54) is 12.0 Å². The van der Waals surface area contributed by atoms with E-state index in [1.54, 1.807) is 0 Å². The van der Waals surface area contributed by atoms with E-state index in [-0.39, 0.29) is 12.1 Å². The fraction of sp³-hybridized carbons (Fsp3) is 1.00. The lowest BCUT2D eigenvalue weighted by molar-refractivity contribution is -0.154. The van der Waals surface area contributed by atoms with Crippen molar-refractivity contribution in [3.8, 4) is 0 Å². The molecule has 0 saturated heterocycles. The van der Waals surface area contributed by atoms with Crippen molar-refractivity contribution in [2.24, 2.45) is 0 Å². The lowest BCUT2D eigenvalue weighted by Gasteiger charge is -2.32. The minimum Gasteiger partial charge on any atom is -0.383 e. The Balaban J connectivity index is 2.56. The molecule has 0 heterocycles. The molecule has 1 N–H and O–H groups in total. The molecule has 1 saturated carbocycles. The number of halogens is 3. The monoisotopic (exact) mass is 254 g/mol. The summed E-state index contributed by atoms with van der Waals surface area (Å²) in [5, 5.41) is 3.09. The molecule has 6 heteroatoms. The van der Waals surface area contributed by atoms with Gasteiger partial charge in [0.25, 0.3) is 0 Å². The lowest BCUT2D eigenvalue weighted by atomic mass is 10.2. The number of hydrogen-bond acceptors (Lipinski definition) is 3. The van der Waals surface area contributed by atoms with Crippen LogP contribution in [0.3, 0.4) is 0 Å². The Labute approximate surface area is 100 Å². The number of ether oxygens (including phenoxy) is 1. The van der Waals surface area contributed by atoms with Gasteiger partial charge in [-0.3, -0.25) is 4.90 Å². The van der Waals surface area contributed by atoms with E-state index in [2.05, 4.69) is 5.32 Å². The number of nitrogens with one attached hydrogen (secondary N) is 1. The second kappa shape index (κ2) is 6.56. The minimum absolute atomic E-state index is 0.0791. The van der Waals surface area contributed by atoms with E-state index >= 15 is 0 Å². The van der Waals surface area contributed by atoms with Crippen molar-refractivity contribution in [3.05, 3.63) is 0 Å². The molecule has 0 radical (unpaired) electrons. The van der Waals surface area contributed by atoms with E-state index in [0.29, 0.717) is 13.2 Å². The van der Waals surface area contributed by atoms with Gasteiger partial charge in [0.05, 0.1) is 13.2 Å². The average molecular weight is 254 g/mol. The summed E-state index contributed by atoms with van der Waals surface area (Å²) in [4.78, 5) is 1.53. The summed E-state index contributed by atoms with van der Waals surface area (Å²) in [5.74, 6) is 0. The van der Waals surface area contributed by atoms with Gasteiger partial charge in [-0.2, -0.15) is 13.2 Å². The SMILES string of the molecule is CCNCC(COC)N(CC(F)(F)F)C1CC1. The third-order valence-corrected chi connectivity index (χ3v) is 2.84. The van der Waals surface area contributed by atoms with E-state index in [4.69, 9.17) is 4.74 Å². The highest BCUT2D eigenvalue weighted by molar-refractivity contribution is 4.90. The zero-order chi connectivity index (χ0) is 12.9. The van der Waals surface area contributed by atoms with Crippen LogP contribution in [0.4, 0.5) is 13.2 Å². The van der Waals surface area contributed by atoms with E-state index in [9.17, 15) is 13.2 Å². The number of nitrogens with zero attached hydrogens (tertiary/aromatic N) is 1. The molecule has 0 aromatic heterocycles. The van der Waals surface area contributed by atoms with Gasteiger partial charge in [0, 0.05) is 25.7 Å². The maximum atomic E-state index is 12.5. The first-order chi connectivity index (χ1) is 7.98. The minimum atomic E-state index is -4.14. The molecule has 0 amide bonds. The fourth-order valence-corrected chi connectivity index (χ4v) is 1.94. The third kappa shape index (κ3) is 5.70. The Morgan fingerprint density at radius 2 is 2.06 bits per heavy atom. The van der Waals surface area contributed by atoms with Crippen LogP contribution in [0.5, 0.6) is 0 Å². The van der Waals surface area contributed by atoms with Gasteiger partial charge in [0.2, 0.25) is 0 Å². The molecule has 0 spiro atoms. The smallest absolute Gasteiger partial charge is 0.383 e. The number of methoxy groups -OCH3 is 1. The molecule has 0 aliphatic heterocycles. The molecule has 1 aliphatic rings. The van der Waals surface area contributed by atoms with Crippen molar-refractivity contribution in [2.45, 2.75) is 38.0 Å². The molecule has 0 aromatic rings. The molecule has 1 atom stereocenters. The lowest BCUT2D eigenvalue weighted by Crippen LogP contribution is -2.50. The third-order valence-electron chi connectivity index (χ3n) is 2.84. The van der Waals surface area contributed by atoms with Crippen molar-refractivity contribution in [1.29, 1.82) is 0 Å². The summed E-state index contributed by atoms with van der Waals surface area (Å²) in [6.45, 7) is 2.73. The van der Waals surface area contributed by atoms with Crippen molar-refractivity contribution in [2.75, 3.05) is 33.4 Å². The van der Waals surface area contributed by atoms with Crippen molar-refractivity contribution in [1.82, 2.24) is 10.2 Å². The molecule has 1 aliphatic carbocycles. The van der Waals surface area contributed by atoms with Crippen LogP contribution in [-0.2, 0) is 4.74 Å². The van der Waals surface area contributed by atoms with Crippen LogP contribution in [0, 0.1) is 0 Å². The molecule has 1 rings (SSSR count). The van der Waals surface area contributed by atoms with Crippen molar-refractivity contribution >= 4 is 0 Å². The number of hydrogen-bond donors (Lipinski definition) is 1. The predicted octanol–water partition coefficient (Wildman–Crippen LogP) is 1.64. The second-order valence-electron chi connectivity index (χ2n) is 4.44. The summed E-state index contributed by atoms with van der Waals surface area (Å²) in [7, 11) is 1.53. The summed E-state index contributed by atoms with van der Waals surface area (Å²) in [6.07, 6.45) is -2.41. The standard InChI is InChI=1S/C11H21F3N2O/c1-3-15-6-10(7-17-2)16(9-4-5-9)8-11(12,13)14/h9-10,15H,3-8H2,1-2H3. The van der Waals surface area contributed by atoms with Gasteiger partial charge in [-0.05, 0) is 19.4 Å². The zero-order valence-electron chi connectivity index (χ0n) is 10.4. The molecule has 102 valence electrons. The van der Waals surface area contributed by atoms with Crippen LogP contribution in [0.15, 0.2) is 0 Å². The quantitative estimate of drug-likeness (QED) is 0.712. The highest BCUT2D eigenvalue weighted by Gasteiger charge is 2.41. The molecule has 17 heavy (non-hydrogen) atoms. The first-order valence-electron chi connectivity index (χ1n) is 6.00. The fourth-order valence-electron chi connectivity index (χ4n) is 1.94. The Bertz CT molecular complexity index is 219. The van der Waals surface area contributed by atoms with Crippen LogP contribution in [0.1, 0.15) is 19.8 Å². The maximum absolute atomic E-state index is 12.5. The van der Waals surface area contributed by atoms with Gasteiger partial charge in [-0.15, -0.1) is 0 Å². The number of likely N-dealkylation sites (N-methyl/N-ethyl adjacent to an activating group) is 1. The van der Waals surface area contributed by atoms with Gasteiger partial charge in [-0.1, -0.05) is 6.92 Å². The zero-order valence-corrected chi connectivity index (χ0v) is 10.4. The van der Waals surface area contributed by atoms with E-state index in [1.807, 2.05) is 6.92 Å². The summed E-state index contributed by atoms with van der Waals surface area (Å²) < 4.78 is 42.6. The molecular weight excluding hydrogens is 233 g/mol. The maximum Gasteiger partial charge on any atom is 0.401 e. The molecule has 3 nitrogen and oxygen atoms in total. The van der Waals surface area contributed by atoms with Crippen molar-refractivity contribution < 1.29 is 17.9 Å². The first kappa shape index (κ1) is 14.7. The van der Waals surface area contributed by atoms with Crippen LogP contribution in [-0.4, -0.2) is 56.5 Å². The topological polar surface area (TPSA) is 24.5 Å². The van der Waals surface area contributed by atoms with Crippen LogP contribution in [0.25, 0.3) is 0 Å². The molecule has 0 aromatic carbocycles. The van der Waals surface area contributed by atoms with E-state index < -0.39 is 12.7 Å². The van der Waals surface area contributed by atoms with Gasteiger partial charge in [0.15, 0.2) is 0 Å². The highest BCUT2D eigenvalue weighted by Crippen LogP contribution is 2.31. The molecular formula is C11H21F3N2O. The van der Waals surface area contributed by atoms with Gasteiger partial charge >= 0.3 is 6.18 Å². The molecule has 1 fully saturated rings. The van der Waals surface area contributed by atoms with Crippen LogP contribution in [0.2, 0.25) is 0 Å². The summed E-state index contributed by atoms with van der Waals surface area (Å²) in [5.41, 5.74) is 0. The Morgan fingerprint density at radius 3 is 2.47 bits per heavy atom. The molecule has 0 bridgehead atoms. The highest BCUT2D eigenvalue weighted by atomic mass is 19.4. The Morgan fingerprint density at radius 1 is 1.41 bits per heavy atom. The van der Waals surface area contributed by atoms with Gasteiger partial charge in [-0.25, -0.2) is 0 Å². The normalized spacial score (nSPS) is 18.7. The first-order valence-corrected chi connectivity index (χ1v) is 6.00. The summed E-state index contributed by atoms with van der Waals surface area (Å²) >= 11 is 0.